The van der Waals surface area contributed by atoms with E-state index in [1.54, 1.807) is 0 Å². The van der Waals surface area contributed by atoms with Crippen molar-refractivity contribution in [3.63, 3.8) is 0 Å². The molecule has 0 aromatic heterocycles. The van der Waals surface area contributed by atoms with Gasteiger partial charge in [0.1, 0.15) is 5.75 Å². The van der Waals surface area contributed by atoms with E-state index >= 15 is 0 Å². The standard InChI is InChI=1S/C10H14INO/c1-4-13-10-7-8(11)5-6-9(10)12(2)3/h5-7H,4H2,1-3H3. The van der Waals surface area contributed by atoms with Crippen molar-refractivity contribution in [1.82, 2.24) is 0 Å². The number of rotatable bonds is 3. The summed E-state index contributed by atoms with van der Waals surface area (Å²) in [6.45, 7) is 2.71. The Labute approximate surface area is 93.0 Å². The zero-order valence-corrected chi connectivity index (χ0v) is 10.3. The summed E-state index contributed by atoms with van der Waals surface area (Å²) in [7, 11) is 4.04. The monoisotopic (exact) mass is 291 g/mol. The SMILES string of the molecule is CCOc1cc(I)ccc1N(C)C. The lowest BCUT2D eigenvalue weighted by molar-refractivity contribution is 0.340. The third kappa shape index (κ3) is 2.76. The first-order valence-corrected chi connectivity index (χ1v) is 5.32. The Morgan fingerprint density at radius 3 is 2.62 bits per heavy atom. The first kappa shape index (κ1) is 10.6. The zero-order chi connectivity index (χ0) is 9.84. The normalized spacial score (nSPS) is 9.85. The molecule has 0 bridgehead atoms. The molecule has 0 saturated heterocycles. The minimum Gasteiger partial charge on any atom is -0.492 e. The van der Waals surface area contributed by atoms with Crippen molar-refractivity contribution in [2.24, 2.45) is 0 Å². The van der Waals surface area contributed by atoms with Crippen LogP contribution in [0.1, 0.15) is 6.92 Å². The van der Waals surface area contributed by atoms with E-state index in [1.807, 2.05) is 21.0 Å². The van der Waals surface area contributed by atoms with Gasteiger partial charge in [0.25, 0.3) is 0 Å². The van der Waals surface area contributed by atoms with Crippen molar-refractivity contribution in [2.75, 3.05) is 25.6 Å². The fraction of sp³-hybridized carbons (Fsp3) is 0.400. The third-order valence-electron chi connectivity index (χ3n) is 1.70. The van der Waals surface area contributed by atoms with Crippen LogP contribution >= 0.6 is 22.6 Å². The summed E-state index contributed by atoms with van der Waals surface area (Å²) >= 11 is 2.29. The molecule has 13 heavy (non-hydrogen) atoms. The van der Waals surface area contributed by atoms with Gasteiger partial charge in [-0.25, -0.2) is 0 Å². The second-order valence-electron chi connectivity index (χ2n) is 2.94. The van der Waals surface area contributed by atoms with Crippen LogP contribution in [0.15, 0.2) is 18.2 Å². The molecule has 0 amide bonds. The molecule has 0 aliphatic rings. The first-order chi connectivity index (χ1) is 6.15. The maximum atomic E-state index is 5.53. The van der Waals surface area contributed by atoms with Gasteiger partial charge < -0.3 is 9.64 Å². The Balaban J connectivity index is 3.03. The van der Waals surface area contributed by atoms with Crippen LogP contribution in [0, 0.1) is 3.57 Å². The van der Waals surface area contributed by atoms with Gasteiger partial charge in [0.05, 0.1) is 12.3 Å². The van der Waals surface area contributed by atoms with Crippen LogP contribution in [0.25, 0.3) is 0 Å². The van der Waals surface area contributed by atoms with Crippen molar-refractivity contribution < 1.29 is 4.74 Å². The van der Waals surface area contributed by atoms with E-state index < -0.39 is 0 Å². The Hall–Kier alpha value is -0.450. The van der Waals surface area contributed by atoms with Crippen molar-refractivity contribution in [1.29, 1.82) is 0 Å². The summed E-state index contributed by atoms with van der Waals surface area (Å²) in [5.41, 5.74) is 1.13. The van der Waals surface area contributed by atoms with E-state index in [9.17, 15) is 0 Å². The highest BCUT2D eigenvalue weighted by atomic mass is 127. The molecular formula is C10H14INO. The first-order valence-electron chi connectivity index (χ1n) is 4.24. The third-order valence-corrected chi connectivity index (χ3v) is 2.37. The quantitative estimate of drug-likeness (QED) is 0.794. The predicted molar refractivity (Wildman–Crippen MR) is 64.7 cm³/mol. The second-order valence-corrected chi connectivity index (χ2v) is 4.19. The lowest BCUT2D eigenvalue weighted by atomic mass is 10.3. The van der Waals surface area contributed by atoms with Gasteiger partial charge in [-0.05, 0) is 47.7 Å². The van der Waals surface area contributed by atoms with Gasteiger partial charge in [-0.1, -0.05) is 0 Å². The molecule has 72 valence electrons. The molecule has 0 unspecified atom stereocenters. The number of anilines is 1. The van der Waals surface area contributed by atoms with Gasteiger partial charge >= 0.3 is 0 Å². The zero-order valence-electron chi connectivity index (χ0n) is 8.17. The van der Waals surface area contributed by atoms with Crippen LogP contribution in [0.5, 0.6) is 5.75 Å². The topological polar surface area (TPSA) is 12.5 Å². The predicted octanol–water partition coefficient (Wildman–Crippen LogP) is 2.76. The molecule has 1 aromatic rings. The van der Waals surface area contributed by atoms with Crippen LogP contribution < -0.4 is 9.64 Å². The lowest BCUT2D eigenvalue weighted by Gasteiger charge is -2.17. The van der Waals surface area contributed by atoms with E-state index in [1.165, 1.54) is 3.57 Å². The number of ether oxygens (including phenoxy) is 1. The van der Waals surface area contributed by atoms with Gasteiger partial charge in [-0.3, -0.25) is 0 Å². The number of hydrogen-bond acceptors (Lipinski definition) is 2. The van der Waals surface area contributed by atoms with Gasteiger partial charge in [-0.2, -0.15) is 0 Å². The lowest BCUT2D eigenvalue weighted by Crippen LogP contribution is -2.10. The van der Waals surface area contributed by atoms with Gasteiger partial charge in [0, 0.05) is 17.7 Å². The van der Waals surface area contributed by atoms with Gasteiger partial charge in [0.2, 0.25) is 0 Å². The van der Waals surface area contributed by atoms with E-state index in [-0.39, 0.29) is 0 Å². The largest absolute Gasteiger partial charge is 0.492 e. The molecule has 0 aliphatic carbocycles. The smallest absolute Gasteiger partial charge is 0.143 e. The molecule has 2 nitrogen and oxygen atoms in total. The van der Waals surface area contributed by atoms with E-state index in [0.717, 1.165) is 11.4 Å². The summed E-state index contributed by atoms with van der Waals surface area (Å²) in [6, 6.07) is 6.21. The van der Waals surface area contributed by atoms with Crippen molar-refractivity contribution in [3.8, 4) is 5.75 Å². The summed E-state index contributed by atoms with van der Waals surface area (Å²) in [6.07, 6.45) is 0. The van der Waals surface area contributed by atoms with Crippen molar-refractivity contribution >= 4 is 28.3 Å². The molecule has 0 aliphatic heterocycles. The van der Waals surface area contributed by atoms with Crippen LogP contribution in [-0.4, -0.2) is 20.7 Å². The van der Waals surface area contributed by atoms with E-state index in [2.05, 4.69) is 45.7 Å². The highest BCUT2D eigenvalue weighted by Crippen LogP contribution is 2.28. The number of halogens is 1. The molecule has 1 rings (SSSR count). The molecule has 0 heterocycles. The van der Waals surface area contributed by atoms with Crippen LogP contribution in [0.3, 0.4) is 0 Å². The highest BCUT2D eigenvalue weighted by Gasteiger charge is 2.04. The number of benzene rings is 1. The number of hydrogen-bond donors (Lipinski definition) is 0. The highest BCUT2D eigenvalue weighted by molar-refractivity contribution is 14.1. The summed E-state index contributed by atoms with van der Waals surface area (Å²) < 4.78 is 6.73. The summed E-state index contributed by atoms with van der Waals surface area (Å²) in [4.78, 5) is 2.06. The summed E-state index contributed by atoms with van der Waals surface area (Å²) in [5, 5.41) is 0. The minimum atomic E-state index is 0.709. The van der Waals surface area contributed by atoms with Gasteiger partial charge in [-0.15, -0.1) is 0 Å². The van der Waals surface area contributed by atoms with Gasteiger partial charge in [0.15, 0.2) is 0 Å². The Bertz CT molecular complexity index is 286. The average molecular weight is 291 g/mol. The summed E-state index contributed by atoms with van der Waals surface area (Å²) in [5.74, 6) is 0.958. The molecular weight excluding hydrogens is 277 g/mol. The van der Waals surface area contributed by atoms with Crippen molar-refractivity contribution in [2.45, 2.75) is 6.92 Å². The number of nitrogens with zero attached hydrogens (tertiary/aromatic N) is 1. The van der Waals surface area contributed by atoms with E-state index in [4.69, 9.17) is 4.74 Å². The van der Waals surface area contributed by atoms with E-state index in [0.29, 0.717) is 6.61 Å². The van der Waals surface area contributed by atoms with Crippen LogP contribution in [0.4, 0.5) is 5.69 Å². The van der Waals surface area contributed by atoms with Crippen molar-refractivity contribution in [3.05, 3.63) is 21.8 Å². The Kier molecular flexibility index (Phi) is 3.84. The Morgan fingerprint density at radius 2 is 2.08 bits per heavy atom. The van der Waals surface area contributed by atoms with Crippen LogP contribution in [-0.2, 0) is 0 Å². The Morgan fingerprint density at radius 1 is 1.38 bits per heavy atom. The molecule has 0 saturated carbocycles. The maximum absolute atomic E-state index is 5.53. The fourth-order valence-corrected chi connectivity index (χ4v) is 1.59. The molecule has 0 radical (unpaired) electrons. The minimum absolute atomic E-state index is 0.709. The molecule has 0 N–H and O–H groups in total. The maximum Gasteiger partial charge on any atom is 0.143 e. The molecule has 3 heteroatoms. The molecule has 0 atom stereocenters. The molecule has 0 fully saturated rings. The average Bonchev–Trinajstić information content (AvgIpc) is 2.04. The van der Waals surface area contributed by atoms with Crippen LogP contribution in [0.2, 0.25) is 0 Å². The second kappa shape index (κ2) is 4.69. The molecule has 0 spiro atoms. The molecule has 1 aromatic carbocycles. The fourth-order valence-electron chi connectivity index (χ4n) is 1.13.